The van der Waals surface area contributed by atoms with E-state index in [-0.39, 0.29) is 17.3 Å². The monoisotopic (exact) mass is 567 g/mol. The van der Waals surface area contributed by atoms with Crippen LogP contribution in [0.25, 0.3) is 0 Å². The topological polar surface area (TPSA) is 105 Å². The molecule has 1 N–H and O–H groups in total. The van der Waals surface area contributed by atoms with E-state index in [0.29, 0.717) is 30.3 Å². The number of carbonyl (C=O) groups is 2. The summed E-state index contributed by atoms with van der Waals surface area (Å²) in [6, 6.07) is 20.8. The Bertz CT molecular complexity index is 1360. The van der Waals surface area contributed by atoms with Crippen molar-refractivity contribution in [3.05, 3.63) is 84.4 Å². The Morgan fingerprint density at radius 1 is 0.925 bits per heavy atom. The fraction of sp³-hybridized carbons (Fsp3) is 0.333. The third-order valence-corrected chi connectivity index (χ3v) is 8.04. The summed E-state index contributed by atoms with van der Waals surface area (Å²) in [5, 5.41) is 2.83. The highest BCUT2D eigenvalue weighted by molar-refractivity contribution is 7.92. The molecule has 0 fully saturated rings. The highest BCUT2D eigenvalue weighted by Crippen LogP contribution is 2.26. The van der Waals surface area contributed by atoms with Gasteiger partial charge in [-0.1, -0.05) is 37.3 Å². The lowest BCUT2D eigenvalue weighted by atomic mass is 10.1. The molecule has 3 aromatic carbocycles. The molecule has 0 saturated carbocycles. The van der Waals surface area contributed by atoms with Gasteiger partial charge in [0.2, 0.25) is 11.8 Å². The molecule has 0 aromatic heterocycles. The number of para-hydroxylation sites is 1. The molecule has 214 valence electrons. The zero-order valence-electron chi connectivity index (χ0n) is 23.4. The molecule has 0 aliphatic heterocycles. The van der Waals surface area contributed by atoms with Gasteiger partial charge in [0, 0.05) is 13.1 Å². The first-order valence-corrected chi connectivity index (χ1v) is 14.7. The minimum Gasteiger partial charge on any atom is -0.497 e. The Labute approximate surface area is 236 Å². The summed E-state index contributed by atoms with van der Waals surface area (Å²) in [6.45, 7) is 5.91. The van der Waals surface area contributed by atoms with Crippen LogP contribution in [-0.2, 0) is 26.2 Å². The van der Waals surface area contributed by atoms with E-state index >= 15 is 0 Å². The lowest BCUT2D eigenvalue weighted by molar-refractivity contribution is -0.139. The average molecular weight is 568 g/mol. The van der Waals surface area contributed by atoms with Crippen molar-refractivity contribution in [2.45, 2.75) is 44.7 Å². The van der Waals surface area contributed by atoms with Crippen molar-refractivity contribution in [2.24, 2.45) is 0 Å². The molecule has 3 rings (SSSR count). The Morgan fingerprint density at radius 2 is 1.62 bits per heavy atom. The van der Waals surface area contributed by atoms with E-state index in [4.69, 9.17) is 9.47 Å². The van der Waals surface area contributed by atoms with E-state index in [1.165, 1.54) is 17.0 Å². The van der Waals surface area contributed by atoms with Crippen molar-refractivity contribution in [2.75, 3.05) is 31.1 Å². The molecule has 1 atom stereocenters. The molecule has 10 heteroatoms. The second kappa shape index (κ2) is 14.4. The van der Waals surface area contributed by atoms with Gasteiger partial charge < -0.3 is 19.7 Å². The van der Waals surface area contributed by atoms with Gasteiger partial charge in [0.25, 0.3) is 10.0 Å². The second-order valence-electron chi connectivity index (χ2n) is 9.09. The highest BCUT2D eigenvalue weighted by Gasteiger charge is 2.32. The number of anilines is 1. The quantitative estimate of drug-likeness (QED) is 0.313. The van der Waals surface area contributed by atoms with Crippen LogP contribution in [0.5, 0.6) is 11.5 Å². The number of amides is 2. The number of methoxy groups -OCH3 is 1. The molecular formula is C30H37N3O6S. The van der Waals surface area contributed by atoms with Gasteiger partial charge in [-0.15, -0.1) is 0 Å². The van der Waals surface area contributed by atoms with Crippen molar-refractivity contribution in [3.8, 4) is 11.5 Å². The van der Waals surface area contributed by atoms with E-state index in [9.17, 15) is 18.0 Å². The maximum Gasteiger partial charge on any atom is 0.264 e. The van der Waals surface area contributed by atoms with Crippen molar-refractivity contribution in [1.82, 2.24) is 10.2 Å². The van der Waals surface area contributed by atoms with Gasteiger partial charge in [-0.25, -0.2) is 8.42 Å². The lowest BCUT2D eigenvalue weighted by Gasteiger charge is -2.32. The minimum absolute atomic E-state index is 0.0145. The predicted molar refractivity (Wildman–Crippen MR) is 155 cm³/mol. The first-order valence-electron chi connectivity index (χ1n) is 13.2. The summed E-state index contributed by atoms with van der Waals surface area (Å²) in [4.78, 5) is 28.3. The van der Waals surface area contributed by atoms with Gasteiger partial charge in [-0.2, -0.15) is 0 Å². The molecule has 0 radical (unpaired) electrons. The largest absolute Gasteiger partial charge is 0.497 e. The van der Waals surface area contributed by atoms with Crippen LogP contribution in [0.3, 0.4) is 0 Å². The normalized spacial score (nSPS) is 11.8. The van der Waals surface area contributed by atoms with Crippen molar-refractivity contribution >= 4 is 27.5 Å². The fourth-order valence-corrected chi connectivity index (χ4v) is 5.48. The van der Waals surface area contributed by atoms with Crippen LogP contribution < -0.4 is 19.1 Å². The van der Waals surface area contributed by atoms with Gasteiger partial charge in [0.15, 0.2) is 0 Å². The summed E-state index contributed by atoms with van der Waals surface area (Å²) in [5.74, 6) is 0.302. The van der Waals surface area contributed by atoms with E-state index in [1.807, 2.05) is 19.9 Å². The SMILES string of the molecule is CCCNC(=O)[C@H](C)N(Cc1cccc(OC)c1)C(=O)CN(c1ccccc1)S(=O)(=O)c1ccc(OCC)cc1. The van der Waals surface area contributed by atoms with Crippen LogP contribution in [0.1, 0.15) is 32.8 Å². The number of sulfonamides is 1. The molecule has 0 heterocycles. The highest BCUT2D eigenvalue weighted by atomic mass is 32.2. The number of nitrogens with one attached hydrogen (secondary N) is 1. The average Bonchev–Trinajstić information content (AvgIpc) is 2.97. The van der Waals surface area contributed by atoms with Crippen LogP contribution in [0, 0.1) is 0 Å². The van der Waals surface area contributed by atoms with Crippen molar-refractivity contribution in [1.29, 1.82) is 0 Å². The number of nitrogens with zero attached hydrogens (tertiary/aromatic N) is 2. The van der Waals surface area contributed by atoms with Crippen molar-refractivity contribution in [3.63, 3.8) is 0 Å². The second-order valence-corrected chi connectivity index (χ2v) is 11.0. The van der Waals surface area contributed by atoms with Crippen LogP contribution in [0.4, 0.5) is 5.69 Å². The Hall–Kier alpha value is -4.05. The van der Waals surface area contributed by atoms with Gasteiger partial charge in [-0.05, 0) is 74.4 Å². The lowest BCUT2D eigenvalue weighted by Crippen LogP contribution is -2.51. The van der Waals surface area contributed by atoms with Crippen molar-refractivity contribution < 1.29 is 27.5 Å². The third-order valence-electron chi connectivity index (χ3n) is 6.25. The summed E-state index contributed by atoms with van der Waals surface area (Å²) >= 11 is 0. The number of carbonyl (C=O) groups excluding carboxylic acids is 2. The molecule has 3 aromatic rings. The van der Waals surface area contributed by atoms with E-state index in [2.05, 4.69) is 5.32 Å². The zero-order valence-corrected chi connectivity index (χ0v) is 24.2. The van der Waals surface area contributed by atoms with Crippen LogP contribution >= 0.6 is 0 Å². The summed E-state index contributed by atoms with van der Waals surface area (Å²) in [6.07, 6.45) is 0.740. The van der Waals surface area contributed by atoms with Gasteiger partial charge in [-0.3, -0.25) is 13.9 Å². The number of hydrogen-bond donors (Lipinski definition) is 1. The molecule has 40 heavy (non-hydrogen) atoms. The van der Waals surface area contributed by atoms with Crippen LogP contribution in [0.15, 0.2) is 83.8 Å². The van der Waals surface area contributed by atoms with Crippen LogP contribution in [0.2, 0.25) is 0 Å². The molecule has 9 nitrogen and oxygen atoms in total. The number of rotatable bonds is 14. The first-order chi connectivity index (χ1) is 19.2. The molecule has 0 bridgehead atoms. The van der Waals surface area contributed by atoms with Gasteiger partial charge >= 0.3 is 0 Å². The molecule has 0 spiro atoms. The summed E-state index contributed by atoms with van der Waals surface area (Å²) < 4.78 is 39.6. The zero-order chi connectivity index (χ0) is 29.1. The summed E-state index contributed by atoms with van der Waals surface area (Å²) in [5.41, 5.74) is 1.07. The number of ether oxygens (including phenoxy) is 2. The Morgan fingerprint density at radius 3 is 2.25 bits per heavy atom. The van der Waals surface area contributed by atoms with E-state index in [1.54, 1.807) is 74.7 Å². The maximum atomic E-state index is 13.9. The molecule has 0 saturated heterocycles. The Balaban J connectivity index is 1.99. The Kier molecular flexibility index (Phi) is 11.0. The van der Waals surface area contributed by atoms with Crippen LogP contribution in [-0.4, -0.2) is 58.0 Å². The molecule has 0 unspecified atom stereocenters. The standard InChI is InChI=1S/C30H37N3O6S/c1-5-19-31-30(35)23(3)32(21-24-11-10-14-27(20-24)38-4)29(34)22-33(25-12-8-7-9-13-25)40(36,37)28-17-15-26(16-18-28)39-6-2/h7-18,20,23H,5-6,19,21-22H2,1-4H3,(H,31,35)/t23-/m0/s1. The molecule has 0 aliphatic rings. The molecule has 0 aliphatic carbocycles. The van der Waals surface area contributed by atoms with E-state index < -0.39 is 28.5 Å². The summed E-state index contributed by atoms with van der Waals surface area (Å²) in [7, 11) is -2.60. The minimum atomic E-state index is -4.15. The van der Waals surface area contributed by atoms with E-state index in [0.717, 1.165) is 16.3 Å². The predicted octanol–water partition coefficient (Wildman–Crippen LogP) is 4.23. The van der Waals surface area contributed by atoms with Gasteiger partial charge in [0.1, 0.15) is 24.1 Å². The third kappa shape index (κ3) is 7.75. The number of hydrogen-bond acceptors (Lipinski definition) is 6. The number of benzene rings is 3. The fourth-order valence-electron chi connectivity index (χ4n) is 4.07. The smallest absolute Gasteiger partial charge is 0.264 e. The maximum absolute atomic E-state index is 13.9. The first kappa shape index (κ1) is 30.5. The molecule has 2 amide bonds. The van der Waals surface area contributed by atoms with Gasteiger partial charge in [0.05, 0.1) is 24.3 Å². The molecular weight excluding hydrogens is 530 g/mol.